The summed E-state index contributed by atoms with van der Waals surface area (Å²) in [4.78, 5) is 5.75. The Morgan fingerprint density at radius 3 is 2.33 bits per heavy atom. The van der Waals surface area contributed by atoms with Gasteiger partial charge in [0.25, 0.3) is 11.1 Å². The lowest BCUT2D eigenvalue weighted by molar-refractivity contribution is -0.274. The van der Waals surface area contributed by atoms with Crippen molar-refractivity contribution in [1.29, 1.82) is 0 Å². The average Bonchev–Trinajstić information content (AvgIpc) is 3.11. The Labute approximate surface area is 157 Å². The summed E-state index contributed by atoms with van der Waals surface area (Å²) in [6.45, 7) is 0. The third-order valence-electron chi connectivity index (χ3n) is 3.39. The van der Waals surface area contributed by atoms with Crippen molar-refractivity contribution in [2.75, 3.05) is 12.0 Å². The normalized spacial score (nSPS) is 11.1. The second-order valence-electron chi connectivity index (χ2n) is 5.17. The zero-order valence-corrected chi connectivity index (χ0v) is 14.7. The number of nitrogens with zero attached hydrogens (tertiary/aromatic N) is 4. The fourth-order valence-electron chi connectivity index (χ4n) is 2.25. The van der Waals surface area contributed by atoms with Crippen LogP contribution < -0.4 is 9.64 Å². The first kappa shape index (κ1) is 18.6. The second-order valence-corrected chi connectivity index (χ2v) is 5.52. The predicted octanol–water partition coefficient (Wildman–Crippen LogP) is 4.24. The van der Waals surface area contributed by atoms with E-state index < -0.39 is 6.36 Å². The number of ether oxygens (including phenoxy) is 2. The van der Waals surface area contributed by atoms with E-state index in [0.29, 0.717) is 11.4 Å². The quantitative estimate of drug-likeness (QED) is 0.617. The van der Waals surface area contributed by atoms with Crippen LogP contribution in [0.3, 0.4) is 0 Å². The molecule has 0 N–H and O–H groups in total. The van der Waals surface area contributed by atoms with Gasteiger partial charge in [0.05, 0.1) is 18.5 Å². The van der Waals surface area contributed by atoms with Gasteiger partial charge in [-0.3, -0.25) is 0 Å². The highest BCUT2D eigenvalue weighted by Gasteiger charge is 2.31. The Bertz CT molecular complexity index is 914. The van der Waals surface area contributed by atoms with E-state index in [1.54, 1.807) is 0 Å². The molecule has 3 aromatic rings. The van der Waals surface area contributed by atoms with E-state index in [9.17, 15) is 13.2 Å². The number of benzene rings is 2. The predicted molar refractivity (Wildman–Crippen MR) is 96.2 cm³/mol. The number of aromatic nitrogens is 3. The first-order chi connectivity index (χ1) is 12.9. The van der Waals surface area contributed by atoms with Crippen molar-refractivity contribution in [3.63, 3.8) is 0 Å². The smallest absolute Gasteiger partial charge is 0.474 e. The fourth-order valence-corrected chi connectivity index (χ4v) is 2.44. The van der Waals surface area contributed by atoms with Crippen LogP contribution in [0.2, 0.25) is 0 Å². The van der Waals surface area contributed by atoms with Crippen LogP contribution in [0.4, 0.5) is 24.8 Å². The molecule has 0 unspecified atom stereocenters. The molecule has 3 rings (SSSR count). The van der Waals surface area contributed by atoms with Crippen LogP contribution in [-0.4, -0.2) is 33.4 Å². The van der Waals surface area contributed by atoms with Crippen LogP contribution in [0, 0.1) is 0 Å². The molecule has 2 aromatic carbocycles. The molecule has 140 valence electrons. The van der Waals surface area contributed by atoms with E-state index in [1.807, 2.05) is 30.3 Å². The molecule has 0 fully saturated rings. The van der Waals surface area contributed by atoms with Crippen LogP contribution in [0.1, 0.15) is 0 Å². The highest BCUT2D eigenvalue weighted by molar-refractivity contribution is 7.80. The van der Waals surface area contributed by atoms with Gasteiger partial charge in [-0.2, -0.15) is 4.98 Å². The third kappa shape index (κ3) is 4.53. The maximum atomic E-state index is 12.2. The first-order valence-electron chi connectivity index (χ1n) is 7.58. The molecular formula is C17H13F3N4O2S. The lowest BCUT2D eigenvalue weighted by atomic mass is 10.3. The highest BCUT2D eigenvalue weighted by Crippen LogP contribution is 2.25. The Kier molecular flexibility index (Phi) is 5.26. The summed E-state index contributed by atoms with van der Waals surface area (Å²) in [5.41, 5.74) is 1.20. The van der Waals surface area contributed by atoms with Crippen molar-refractivity contribution < 1.29 is 22.6 Å². The van der Waals surface area contributed by atoms with E-state index in [2.05, 4.69) is 14.8 Å². The summed E-state index contributed by atoms with van der Waals surface area (Å²) in [7, 11) is 1.44. The number of hydrogen-bond donors (Lipinski definition) is 0. The molecule has 0 atom stereocenters. The Hall–Kier alpha value is -3.14. The molecule has 10 heteroatoms. The van der Waals surface area contributed by atoms with Gasteiger partial charge in [-0.15, -0.1) is 18.3 Å². The molecule has 0 aliphatic rings. The molecule has 0 radical (unpaired) electrons. The third-order valence-corrected chi connectivity index (χ3v) is 3.74. The van der Waals surface area contributed by atoms with Crippen molar-refractivity contribution in [2.45, 2.75) is 6.36 Å². The summed E-state index contributed by atoms with van der Waals surface area (Å²) >= 11 is 5.23. The minimum atomic E-state index is -4.74. The number of halogens is 3. The summed E-state index contributed by atoms with van der Waals surface area (Å²) in [6.07, 6.45) is -3.32. The number of hydrogen-bond acceptors (Lipinski definition) is 5. The summed E-state index contributed by atoms with van der Waals surface area (Å²) in [5.74, 6) is -0.0678. The van der Waals surface area contributed by atoms with Crippen molar-refractivity contribution in [3.05, 3.63) is 60.9 Å². The number of methoxy groups -OCH3 is 1. The lowest BCUT2D eigenvalue weighted by Gasteiger charge is -2.19. The zero-order chi connectivity index (χ0) is 19.4. The Balaban J connectivity index is 1.87. The highest BCUT2D eigenvalue weighted by atomic mass is 32.1. The van der Waals surface area contributed by atoms with Crippen molar-refractivity contribution >= 4 is 29.0 Å². The van der Waals surface area contributed by atoms with Crippen molar-refractivity contribution in [1.82, 2.24) is 14.8 Å². The van der Waals surface area contributed by atoms with Gasteiger partial charge in [-0.25, -0.2) is 9.58 Å². The molecule has 1 heterocycles. The van der Waals surface area contributed by atoms with E-state index >= 15 is 0 Å². The largest absolute Gasteiger partial charge is 0.573 e. The Morgan fingerprint density at radius 2 is 1.74 bits per heavy atom. The molecule has 27 heavy (non-hydrogen) atoms. The van der Waals surface area contributed by atoms with Crippen molar-refractivity contribution in [3.8, 4) is 11.4 Å². The first-order valence-corrected chi connectivity index (χ1v) is 7.99. The van der Waals surface area contributed by atoms with Gasteiger partial charge >= 0.3 is 6.36 Å². The summed E-state index contributed by atoms with van der Waals surface area (Å²) in [5, 5.41) is 4.48. The van der Waals surface area contributed by atoms with Gasteiger partial charge in [0.2, 0.25) is 0 Å². The Morgan fingerprint density at radius 1 is 1.07 bits per heavy atom. The molecule has 0 bridgehead atoms. The van der Waals surface area contributed by atoms with Gasteiger partial charge in [-0.05, 0) is 48.6 Å². The van der Waals surface area contributed by atoms with Gasteiger partial charge < -0.3 is 9.47 Å². The van der Waals surface area contributed by atoms with Crippen LogP contribution in [0.5, 0.6) is 5.75 Å². The standard InChI is InChI=1S/C17H13F3N4O2S/c1-25-16(27)24(13-5-3-2-4-6-13)15-21-11-23(22-15)12-7-9-14(10-8-12)26-17(18,19)20/h2-11H,1H3. The molecule has 6 nitrogen and oxygen atoms in total. The minimum Gasteiger partial charge on any atom is -0.474 e. The summed E-state index contributed by atoms with van der Waals surface area (Å²) in [6, 6.07) is 14.4. The van der Waals surface area contributed by atoms with E-state index in [0.717, 1.165) is 0 Å². The number of thiocarbonyl (C=S) groups is 1. The maximum Gasteiger partial charge on any atom is 0.573 e. The molecule has 0 amide bonds. The SMILES string of the molecule is COC(=S)N(c1ccccc1)c1ncn(-c2ccc(OC(F)(F)F)cc2)n1. The number of rotatable bonds is 4. The molecule has 0 saturated carbocycles. The molecule has 0 spiro atoms. The van der Waals surface area contributed by atoms with Crippen LogP contribution in [0.25, 0.3) is 5.69 Å². The number of alkyl halides is 3. The monoisotopic (exact) mass is 394 g/mol. The molecule has 0 saturated heterocycles. The molecular weight excluding hydrogens is 381 g/mol. The van der Waals surface area contributed by atoms with Crippen LogP contribution >= 0.6 is 12.2 Å². The molecule has 0 aliphatic carbocycles. The van der Waals surface area contributed by atoms with Crippen molar-refractivity contribution in [2.24, 2.45) is 0 Å². The van der Waals surface area contributed by atoms with Gasteiger partial charge in [0, 0.05) is 0 Å². The van der Waals surface area contributed by atoms with Crippen LogP contribution in [-0.2, 0) is 4.74 Å². The number of anilines is 2. The van der Waals surface area contributed by atoms with E-state index in [4.69, 9.17) is 17.0 Å². The average molecular weight is 394 g/mol. The van der Waals surface area contributed by atoms with Gasteiger partial charge in [0.15, 0.2) is 0 Å². The number of para-hydroxylation sites is 1. The maximum absolute atomic E-state index is 12.2. The topological polar surface area (TPSA) is 52.4 Å². The lowest BCUT2D eigenvalue weighted by Crippen LogP contribution is -2.26. The van der Waals surface area contributed by atoms with Crippen LogP contribution in [0.15, 0.2) is 60.9 Å². The molecule has 0 aliphatic heterocycles. The second kappa shape index (κ2) is 7.62. The minimum absolute atomic E-state index is 0.146. The fraction of sp³-hybridized carbons (Fsp3) is 0.118. The van der Waals surface area contributed by atoms with E-state index in [1.165, 1.54) is 47.3 Å². The zero-order valence-electron chi connectivity index (χ0n) is 13.9. The summed E-state index contributed by atoms with van der Waals surface area (Å²) < 4.78 is 47.1. The van der Waals surface area contributed by atoms with E-state index in [-0.39, 0.29) is 16.9 Å². The van der Waals surface area contributed by atoms with Gasteiger partial charge in [0.1, 0.15) is 12.1 Å². The molecule has 1 aromatic heterocycles. The van der Waals surface area contributed by atoms with Gasteiger partial charge in [-0.1, -0.05) is 18.2 Å².